The number of aromatic nitrogens is 2. The maximum Gasteiger partial charge on any atom is 0.490 e. The third-order valence-electron chi connectivity index (χ3n) is 7.48. The standard InChI is InChI=1S/C29H26F2N4O2.C2HF3O2/c1-35(2)16-18-5-3-17(4-6-18)7-11-24-21-10-8-19(13-26(21)34-33-24)23-15-29(23)22-14-20(37-28(30)31)9-12-25(22)32-27(29)36;3-2(4,5)1(6)7/h3-14,23,28H,15-16H2,1-2H3,(H,32,36)(H,33,34);(H,6,7)/t23-,29-;/m0./s1. The van der Waals surface area contributed by atoms with Gasteiger partial charge in [0.25, 0.3) is 0 Å². The van der Waals surface area contributed by atoms with Gasteiger partial charge in [-0.3, -0.25) is 9.89 Å². The SMILES string of the molecule is CN(C)Cc1ccc(C=Cc2n[nH]c3cc([C@@H]4C[C@@]45C(=O)Nc4ccc(OC(F)F)cc45)ccc23)cc1.O=C(O)C(F)(F)F. The summed E-state index contributed by atoms with van der Waals surface area (Å²) in [5.41, 5.74) is 5.68. The summed E-state index contributed by atoms with van der Waals surface area (Å²) < 4.78 is 61.8. The first-order chi connectivity index (χ1) is 20.8. The van der Waals surface area contributed by atoms with Crippen LogP contribution >= 0.6 is 0 Å². The second-order valence-electron chi connectivity index (χ2n) is 10.8. The molecular weight excluding hydrogens is 587 g/mol. The lowest BCUT2D eigenvalue weighted by atomic mass is 9.91. The fourth-order valence-corrected chi connectivity index (χ4v) is 5.42. The van der Waals surface area contributed by atoms with E-state index >= 15 is 0 Å². The molecule has 1 saturated carbocycles. The van der Waals surface area contributed by atoms with Crippen LogP contribution in [0.15, 0.2) is 60.7 Å². The largest absolute Gasteiger partial charge is 0.490 e. The number of hydrogen-bond acceptors (Lipinski definition) is 5. The highest BCUT2D eigenvalue weighted by atomic mass is 19.4. The molecule has 2 heterocycles. The van der Waals surface area contributed by atoms with Crippen LogP contribution < -0.4 is 10.1 Å². The quantitative estimate of drug-likeness (QED) is 0.208. The monoisotopic (exact) mass is 614 g/mol. The van der Waals surface area contributed by atoms with Crippen molar-refractivity contribution in [1.82, 2.24) is 15.1 Å². The van der Waals surface area contributed by atoms with Gasteiger partial charge in [0.2, 0.25) is 5.91 Å². The number of nitrogens with zero attached hydrogens (tertiary/aromatic N) is 2. The molecule has 1 fully saturated rings. The second kappa shape index (κ2) is 11.7. The van der Waals surface area contributed by atoms with Gasteiger partial charge in [0.05, 0.1) is 16.6 Å². The minimum atomic E-state index is -5.08. The van der Waals surface area contributed by atoms with Crippen molar-refractivity contribution < 1.29 is 41.4 Å². The Hall–Kier alpha value is -4.78. The van der Waals surface area contributed by atoms with Gasteiger partial charge in [-0.05, 0) is 73.1 Å². The van der Waals surface area contributed by atoms with E-state index in [2.05, 4.69) is 49.4 Å². The van der Waals surface area contributed by atoms with Gasteiger partial charge < -0.3 is 20.1 Å². The van der Waals surface area contributed by atoms with Crippen molar-refractivity contribution in [3.05, 3.63) is 88.6 Å². The van der Waals surface area contributed by atoms with E-state index in [-0.39, 0.29) is 17.6 Å². The van der Waals surface area contributed by atoms with Crippen LogP contribution in [0.1, 0.15) is 40.3 Å². The van der Waals surface area contributed by atoms with Crippen molar-refractivity contribution >= 4 is 40.6 Å². The van der Waals surface area contributed by atoms with Gasteiger partial charge >= 0.3 is 18.8 Å². The highest BCUT2D eigenvalue weighted by molar-refractivity contribution is 6.10. The number of fused-ring (bicyclic) bond motifs is 3. The molecule has 3 N–H and O–H groups in total. The molecule has 1 aliphatic heterocycles. The molecule has 1 amide bonds. The number of aromatic amines is 1. The number of carbonyl (C=O) groups is 2. The molecule has 2 atom stereocenters. The summed E-state index contributed by atoms with van der Waals surface area (Å²) in [6, 6.07) is 19.1. The summed E-state index contributed by atoms with van der Waals surface area (Å²) >= 11 is 0. The van der Waals surface area contributed by atoms with Crippen LogP contribution in [0.5, 0.6) is 5.75 Å². The van der Waals surface area contributed by atoms with Crippen molar-refractivity contribution in [2.75, 3.05) is 19.4 Å². The first-order valence-corrected chi connectivity index (χ1v) is 13.4. The number of hydrogen-bond donors (Lipinski definition) is 3. The van der Waals surface area contributed by atoms with Crippen molar-refractivity contribution in [2.45, 2.75) is 37.1 Å². The zero-order valence-electron chi connectivity index (χ0n) is 23.5. The molecule has 8 nitrogen and oxygen atoms in total. The first-order valence-electron chi connectivity index (χ1n) is 13.4. The number of rotatable bonds is 7. The first kappa shape index (κ1) is 30.7. The normalized spacial score (nSPS) is 18.9. The number of nitrogens with one attached hydrogen (secondary N) is 2. The summed E-state index contributed by atoms with van der Waals surface area (Å²) in [7, 11) is 4.10. The Kier molecular flexibility index (Phi) is 8.17. The van der Waals surface area contributed by atoms with Crippen LogP contribution in [-0.4, -0.2) is 59.0 Å². The number of benzene rings is 3. The molecule has 0 bridgehead atoms. The Balaban J connectivity index is 0.000000493. The summed E-state index contributed by atoms with van der Waals surface area (Å²) in [6.45, 7) is -2.02. The Morgan fingerprint density at radius 1 is 1.11 bits per heavy atom. The molecule has 0 radical (unpaired) electrons. The van der Waals surface area contributed by atoms with Gasteiger partial charge in [0, 0.05) is 23.5 Å². The van der Waals surface area contributed by atoms with Gasteiger partial charge in [-0.2, -0.15) is 27.1 Å². The lowest BCUT2D eigenvalue weighted by Gasteiger charge is -2.11. The second-order valence-corrected chi connectivity index (χ2v) is 10.8. The Morgan fingerprint density at radius 3 is 2.45 bits per heavy atom. The molecule has 1 aliphatic carbocycles. The predicted molar refractivity (Wildman–Crippen MR) is 153 cm³/mol. The summed E-state index contributed by atoms with van der Waals surface area (Å²) in [4.78, 5) is 24.0. The number of aliphatic carboxylic acids is 1. The van der Waals surface area contributed by atoms with Crippen LogP contribution in [0.25, 0.3) is 23.1 Å². The summed E-state index contributed by atoms with van der Waals surface area (Å²) in [6.07, 6.45) is -0.443. The fraction of sp³-hybridized carbons (Fsp3) is 0.258. The van der Waals surface area contributed by atoms with E-state index < -0.39 is 24.2 Å². The van der Waals surface area contributed by atoms with Crippen LogP contribution in [-0.2, 0) is 21.5 Å². The third-order valence-corrected chi connectivity index (χ3v) is 7.48. The van der Waals surface area contributed by atoms with Crippen molar-refractivity contribution in [3.63, 3.8) is 0 Å². The molecule has 3 aromatic carbocycles. The molecule has 1 spiro atoms. The maximum atomic E-state index is 13.0. The number of anilines is 1. The van der Waals surface area contributed by atoms with Gasteiger partial charge in [-0.25, -0.2) is 4.79 Å². The van der Waals surface area contributed by atoms with Gasteiger partial charge in [0.15, 0.2) is 0 Å². The number of carboxylic acid groups (broad SMARTS) is 1. The van der Waals surface area contributed by atoms with E-state index in [4.69, 9.17) is 9.90 Å². The highest BCUT2D eigenvalue weighted by Crippen LogP contribution is 2.65. The van der Waals surface area contributed by atoms with Gasteiger partial charge in [-0.15, -0.1) is 0 Å². The van der Waals surface area contributed by atoms with E-state index in [1.807, 2.05) is 44.4 Å². The molecule has 2 aliphatic rings. The van der Waals surface area contributed by atoms with Crippen LogP contribution in [0.3, 0.4) is 0 Å². The highest BCUT2D eigenvalue weighted by Gasteiger charge is 2.65. The van der Waals surface area contributed by atoms with Crippen LogP contribution in [0, 0.1) is 0 Å². The van der Waals surface area contributed by atoms with Gasteiger partial charge in [-0.1, -0.05) is 42.5 Å². The molecule has 0 unspecified atom stereocenters. The number of amides is 1. The van der Waals surface area contributed by atoms with E-state index in [0.29, 0.717) is 17.7 Å². The molecule has 6 rings (SSSR count). The average Bonchev–Trinajstić information content (AvgIpc) is 3.49. The van der Waals surface area contributed by atoms with Crippen molar-refractivity contribution in [3.8, 4) is 5.75 Å². The molecular formula is C31H27F5N4O4. The van der Waals surface area contributed by atoms with Crippen LogP contribution in [0.2, 0.25) is 0 Å². The number of carbonyl (C=O) groups excluding carboxylic acids is 1. The number of carboxylic acids is 1. The molecule has 230 valence electrons. The zero-order valence-corrected chi connectivity index (χ0v) is 23.5. The minimum Gasteiger partial charge on any atom is -0.475 e. The Bertz CT molecular complexity index is 1730. The number of halogens is 5. The lowest BCUT2D eigenvalue weighted by molar-refractivity contribution is -0.192. The summed E-state index contributed by atoms with van der Waals surface area (Å²) in [5, 5.41) is 18.6. The van der Waals surface area contributed by atoms with Crippen molar-refractivity contribution in [2.24, 2.45) is 0 Å². The third kappa shape index (κ3) is 6.27. The van der Waals surface area contributed by atoms with E-state index in [1.54, 1.807) is 12.1 Å². The number of alkyl halides is 5. The molecule has 4 aromatic rings. The Labute approximate surface area is 248 Å². The molecule has 44 heavy (non-hydrogen) atoms. The number of ether oxygens (including phenoxy) is 1. The fourth-order valence-electron chi connectivity index (χ4n) is 5.42. The zero-order chi connectivity index (χ0) is 31.8. The van der Waals surface area contributed by atoms with E-state index in [9.17, 15) is 26.7 Å². The Morgan fingerprint density at radius 2 is 1.82 bits per heavy atom. The molecule has 13 heteroatoms. The predicted octanol–water partition coefficient (Wildman–Crippen LogP) is 6.41. The van der Waals surface area contributed by atoms with E-state index in [0.717, 1.165) is 34.3 Å². The van der Waals surface area contributed by atoms with Gasteiger partial charge in [0.1, 0.15) is 5.75 Å². The maximum absolute atomic E-state index is 13.0. The number of H-pyrrole nitrogens is 1. The van der Waals surface area contributed by atoms with Crippen molar-refractivity contribution in [1.29, 1.82) is 0 Å². The van der Waals surface area contributed by atoms with Crippen LogP contribution in [0.4, 0.5) is 27.6 Å². The topological polar surface area (TPSA) is 108 Å². The molecule has 1 aromatic heterocycles. The smallest absolute Gasteiger partial charge is 0.475 e. The minimum absolute atomic E-state index is 0.0528. The lowest BCUT2D eigenvalue weighted by Crippen LogP contribution is -2.21. The summed E-state index contributed by atoms with van der Waals surface area (Å²) in [5.74, 6) is -2.86. The molecule has 0 saturated heterocycles. The van der Waals surface area contributed by atoms with E-state index in [1.165, 1.54) is 11.6 Å². The average molecular weight is 615 g/mol.